The van der Waals surface area contributed by atoms with E-state index in [-0.39, 0.29) is 35.0 Å². The number of carboxylic acids is 1. The zero-order valence-corrected chi connectivity index (χ0v) is 22.4. The summed E-state index contributed by atoms with van der Waals surface area (Å²) in [6, 6.07) is -1.31. The van der Waals surface area contributed by atoms with Crippen LogP contribution in [-0.2, 0) is 14.4 Å². The lowest BCUT2D eigenvalue weighted by molar-refractivity contribution is -0.223. The van der Waals surface area contributed by atoms with Gasteiger partial charge in [0.1, 0.15) is 6.04 Å². The molecule has 7 N–H and O–H groups in total. The summed E-state index contributed by atoms with van der Waals surface area (Å²) in [4.78, 5) is 34.9. The minimum Gasteiger partial charge on any atom is -0.480 e. The minimum absolute atomic E-state index is 0.00467. The third kappa shape index (κ3) is 5.03. The molecule has 0 heterocycles. The first-order valence-corrected chi connectivity index (χ1v) is 14.1. The molecule has 0 bridgehead atoms. The Bertz CT molecular complexity index is 898. The van der Waals surface area contributed by atoms with Crippen LogP contribution in [0.3, 0.4) is 0 Å². The molecule has 9 heteroatoms. The van der Waals surface area contributed by atoms with Crippen molar-refractivity contribution in [1.82, 2.24) is 5.32 Å². The van der Waals surface area contributed by atoms with Crippen molar-refractivity contribution in [3.05, 3.63) is 0 Å². The second-order valence-corrected chi connectivity index (χ2v) is 13.2. The number of carboxylic acid groups (broad SMARTS) is 1. The fourth-order valence-corrected chi connectivity index (χ4v) is 9.44. The van der Waals surface area contributed by atoms with Crippen molar-refractivity contribution < 1.29 is 34.8 Å². The van der Waals surface area contributed by atoms with E-state index in [1.807, 2.05) is 0 Å². The van der Waals surface area contributed by atoms with E-state index >= 15 is 0 Å². The van der Waals surface area contributed by atoms with Gasteiger partial charge in [-0.1, -0.05) is 20.8 Å². The van der Waals surface area contributed by atoms with Crippen LogP contribution in [0.5, 0.6) is 0 Å². The van der Waals surface area contributed by atoms with Gasteiger partial charge in [0, 0.05) is 6.42 Å². The maximum atomic E-state index is 12.5. The largest absolute Gasteiger partial charge is 0.480 e. The summed E-state index contributed by atoms with van der Waals surface area (Å²) < 4.78 is 0. The summed E-state index contributed by atoms with van der Waals surface area (Å²) in [5.74, 6) is -1.25. The number of aliphatic carboxylic acids is 1. The van der Waals surface area contributed by atoms with Gasteiger partial charge in [-0.3, -0.25) is 9.59 Å². The van der Waals surface area contributed by atoms with Gasteiger partial charge in [-0.2, -0.15) is 0 Å². The molecule has 2 amide bonds. The SMILES string of the molecule is CC(CCC(=O)NC(CC(N)=O)C(=O)O)C1CCC2C3C(O)C(O)C4CC(O)CCC4(C)C3CCC12C. The molecule has 4 rings (SSSR count). The molecule has 9 nitrogen and oxygen atoms in total. The van der Waals surface area contributed by atoms with Gasteiger partial charge in [0.05, 0.1) is 24.7 Å². The number of nitrogens with one attached hydrogen (secondary N) is 1. The molecule has 210 valence electrons. The topological polar surface area (TPSA) is 170 Å². The van der Waals surface area contributed by atoms with Gasteiger partial charge in [0.25, 0.3) is 0 Å². The average molecular weight is 523 g/mol. The number of amides is 2. The van der Waals surface area contributed by atoms with Crippen molar-refractivity contribution in [2.75, 3.05) is 0 Å². The number of rotatable bonds is 8. The monoisotopic (exact) mass is 522 g/mol. The molecule has 4 saturated carbocycles. The van der Waals surface area contributed by atoms with E-state index in [2.05, 4.69) is 26.1 Å². The lowest BCUT2D eigenvalue weighted by Gasteiger charge is -2.63. The molecule has 0 aromatic carbocycles. The predicted octanol–water partition coefficient (Wildman–Crippen LogP) is 1.81. The van der Waals surface area contributed by atoms with Crippen LogP contribution in [0.1, 0.15) is 85.0 Å². The summed E-state index contributed by atoms with van der Waals surface area (Å²) in [6.45, 7) is 6.75. The van der Waals surface area contributed by atoms with Gasteiger partial charge in [-0.05, 0) is 97.7 Å². The molecule has 0 aromatic rings. The van der Waals surface area contributed by atoms with Gasteiger partial charge in [0.2, 0.25) is 11.8 Å². The Labute approximate surface area is 219 Å². The van der Waals surface area contributed by atoms with Crippen LogP contribution in [0, 0.1) is 46.3 Å². The van der Waals surface area contributed by atoms with Crippen LogP contribution in [-0.4, -0.2) is 62.6 Å². The molecule has 0 spiro atoms. The molecule has 4 aliphatic carbocycles. The normalized spacial score (nSPS) is 44.6. The van der Waals surface area contributed by atoms with Gasteiger partial charge >= 0.3 is 5.97 Å². The van der Waals surface area contributed by atoms with Crippen molar-refractivity contribution in [2.24, 2.45) is 52.1 Å². The smallest absolute Gasteiger partial charge is 0.326 e. The first-order chi connectivity index (χ1) is 17.3. The van der Waals surface area contributed by atoms with E-state index in [0.717, 1.165) is 38.5 Å². The van der Waals surface area contributed by atoms with Crippen LogP contribution < -0.4 is 11.1 Å². The number of aliphatic hydroxyl groups excluding tert-OH is 3. The number of carbonyl (C=O) groups is 3. The Kier molecular flexibility index (Phi) is 8.00. The summed E-state index contributed by atoms with van der Waals surface area (Å²) >= 11 is 0. The highest BCUT2D eigenvalue weighted by Crippen LogP contribution is 2.68. The first-order valence-electron chi connectivity index (χ1n) is 14.1. The molecule has 12 unspecified atom stereocenters. The van der Waals surface area contributed by atoms with Crippen LogP contribution in [0.4, 0.5) is 0 Å². The van der Waals surface area contributed by atoms with E-state index in [0.29, 0.717) is 30.6 Å². The summed E-state index contributed by atoms with van der Waals surface area (Å²) in [5, 5.41) is 44.6. The second-order valence-electron chi connectivity index (χ2n) is 13.2. The molecule has 0 saturated heterocycles. The van der Waals surface area contributed by atoms with E-state index in [9.17, 15) is 34.8 Å². The lowest BCUT2D eigenvalue weighted by atomic mass is 9.43. The van der Waals surface area contributed by atoms with Gasteiger partial charge in [0.15, 0.2) is 0 Å². The van der Waals surface area contributed by atoms with Crippen molar-refractivity contribution in [1.29, 1.82) is 0 Å². The zero-order chi connectivity index (χ0) is 27.3. The Morgan fingerprint density at radius 1 is 0.946 bits per heavy atom. The molecular formula is C28H46N2O7. The summed E-state index contributed by atoms with van der Waals surface area (Å²) in [6.07, 6.45) is 4.60. The lowest BCUT2D eigenvalue weighted by Crippen LogP contribution is -2.64. The van der Waals surface area contributed by atoms with Crippen LogP contribution in [0.2, 0.25) is 0 Å². The van der Waals surface area contributed by atoms with Crippen molar-refractivity contribution in [3.63, 3.8) is 0 Å². The number of hydrogen-bond acceptors (Lipinski definition) is 6. The molecule has 37 heavy (non-hydrogen) atoms. The third-order valence-electron chi connectivity index (χ3n) is 11.4. The zero-order valence-electron chi connectivity index (χ0n) is 22.4. The maximum absolute atomic E-state index is 12.5. The van der Waals surface area contributed by atoms with Gasteiger partial charge in [-0.15, -0.1) is 0 Å². The van der Waals surface area contributed by atoms with Gasteiger partial charge < -0.3 is 31.5 Å². The van der Waals surface area contributed by atoms with Crippen molar-refractivity contribution >= 4 is 17.8 Å². The first kappa shape index (κ1) is 28.3. The number of fused-ring (bicyclic) bond motifs is 5. The van der Waals surface area contributed by atoms with Crippen molar-refractivity contribution in [2.45, 2.75) is 109 Å². The number of nitrogens with two attached hydrogens (primary N) is 1. The second kappa shape index (κ2) is 10.5. The van der Waals surface area contributed by atoms with E-state index in [1.54, 1.807) is 0 Å². The highest BCUT2D eigenvalue weighted by Gasteiger charge is 2.65. The van der Waals surface area contributed by atoms with Gasteiger partial charge in [-0.25, -0.2) is 4.79 Å². The Morgan fingerprint density at radius 2 is 1.59 bits per heavy atom. The summed E-state index contributed by atoms with van der Waals surface area (Å²) in [7, 11) is 0. The van der Waals surface area contributed by atoms with E-state index in [1.165, 1.54) is 0 Å². The number of primary amides is 1. The quantitative estimate of drug-likeness (QED) is 0.282. The number of aliphatic hydroxyl groups is 3. The Hall–Kier alpha value is -1.71. The van der Waals surface area contributed by atoms with Crippen molar-refractivity contribution in [3.8, 4) is 0 Å². The van der Waals surface area contributed by atoms with Crippen LogP contribution in [0.15, 0.2) is 0 Å². The third-order valence-corrected chi connectivity index (χ3v) is 11.4. The fourth-order valence-electron chi connectivity index (χ4n) is 9.44. The summed E-state index contributed by atoms with van der Waals surface area (Å²) in [5.41, 5.74) is 5.04. The van der Waals surface area contributed by atoms with Crippen LogP contribution >= 0.6 is 0 Å². The van der Waals surface area contributed by atoms with E-state index < -0.39 is 48.6 Å². The Balaban J connectivity index is 1.43. The Morgan fingerprint density at radius 3 is 2.24 bits per heavy atom. The molecule has 0 aliphatic heterocycles. The molecule has 4 fully saturated rings. The number of hydrogen-bond donors (Lipinski definition) is 6. The maximum Gasteiger partial charge on any atom is 0.326 e. The fraction of sp³-hybridized carbons (Fsp3) is 0.893. The van der Waals surface area contributed by atoms with Crippen LogP contribution in [0.25, 0.3) is 0 Å². The molecule has 0 aromatic heterocycles. The molecule has 12 atom stereocenters. The molecule has 4 aliphatic rings. The highest BCUT2D eigenvalue weighted by molar-refractivity contribution is 5.88. The highest BCUT2D eigenvalue weighted by atomic mass is 16.4. The van der Waals surface area contributed by atoms with E-state index in [4.69, 9.17) is 5.73 Å². The molecule has 0 radical (unpaired) electrons. The minimum atomic E-state index is -1.31. The standard InChI is InChI=1S/C28H46N2O7/c1-14(4-7-22(33)30-20(26(36)37)13-21(29)32)16-5-6-17-23-18(9-11-27(16,17)2)28(3)10-8-15(31)12-19(28)24(34)25(23)35/h14-20,23-25,31,34-35H,4-13H2,1-3H3,(H2,29,32)(H,30,33)(H,36,37). The number of carbonyl (C=O) groups excluding carboxylic acids is 2. The molecular weight excluding hydrogens is 476 g/mol. The average Bonchev–Trinajstić information content (AvgIpc) is 3.18. The predicted molar refractivity (Wildman–Crippen MR) is 136 cm³/mol.